The van der Waals surface area contributed by atoms with Crippen molar-refractivity contribution in [1.82, 2.24) is 14.7 Å². The normalized spacial score (nSPS) is 15.9. The Hall–Kier alpha value is -1.74. The fourth-order valence-electron chi connectivity index (χ4n) is 2.04. The van der Waals surface area contributed by atoms with Crippen molar-refractivity contribution in [3.63, 3.8) is 0 Å². The van der Waals surface area contributed by atoms with E-state index in [1.165, 1.54) is 0 Å². The van der Waals surface area contributed by atoms with Crippen LogP contribution in [0.2, 0.25) is 0 Å². The van der Waals surface area contributed by atoms with E-state index in [1.54, 1.807) is 9.80 Å². The molecule has 1 N–H and O–H groups in total. The van der Waals surface area contributed by atoms with E-state index in [0.29, 0.717) is 45.8 Å². The van der Waals surface area contributed by atoms with E-state index in [1.807, 2.05) is 6.92 Å². The van der Waals surface area contributed by atoms with Crippen molar-refractivity contribution < 1.29 is 14.7 Å². The minimum absolute atomic E-state index is 0.0293. The maximum absolute atomic E-state index is 12.1. The summed E-state index contributed by atoms with van der Waals surface area (Å²) in [6.45, 7) is 6.05. The molecule has 0 atom stereocenters. The second-order valence-electron chi connectivity index (χ2n) is 4.47. The lowest BCUT2D eigenvalue weighted by Gasteiger charge is -2.36. The highest BCUT2D eigenvalue weighted by atomic mass is 16.4. The third-order valence-electron chi connectivity index (χ3n) is 3.22. The number of hydrogen-bond acceptors (Lipinski definition) is 3. The zero-order valence-corrected chi connectivity index (χ0v) is 11.3. The number of carbonyl (C=O) groups excluding carboxylic acids is 1. The first kappa shape index (κ1) is 15.3. The Bertz CT molecular complexity index is 357. The molecule has 1 fully saturated rings. The summed E-state index contributed by atoms with van der Waals surface area (Å²) in [4.78, 5) is 28.1. The molecule has 1 aliphatic heterocycles. The van der Waals surface area contributed by atoms with Crippen LogP contribution in [0.5, 0.6) is 0 Å². The molecule has 1 heterocycles. The lowest BCUT2D eigenvalue weighted by molar-refractivity contribution is -0.137. The molecule has 19 heavy (non-hydrogen) atoms. The standard InChI is InChI=1S/C13H21N3O3/c1-3-6-15(4-2)13(19)16-10-8-14(9-11-16)7-5-12(17)18/h1H,4-11H2,2H3,(H,17,18). The Kier molecular flexibility index (Phi) is 6.16. The lowest BCUT2D eigenvalue weighted by atomic mass is 10.3. The summed E-state index contributed by atoms with van der Waals surface area (Å²) in [5, 5.41) is 8.63. The Balaban J connectivity index is 2.38. The predicted octanol–water partition coefficient (Wildman–Crippen LogP) is 0.154. The fourth-order valence-corrected chi connectivity index (χ4v) is 2.04. The number of carbonyl (C=O) groups is 2. The van der Waals surface area contributed by atoms with Crippen LogP contribution in [0.1, 0.15) is 13.3 Å². The highest BCUT2D eigenvalue weighted by Crippen LogP contribution is 2.06. The smallest absolute Gasteiger partial charge is 0.320 e. The SMILES string of the molecule is C#CCN(CC)C(=O)N1CCN(CCC(=O)O)CC1. The van der Waals surface area contributed by atoms with Crippen molar-refractivity contribution >= 4 is 12.0 Å². The number of piperazine rings is 1. The van der Waals surface area contributed by atoms with Crippen molar-refractivity contribution in [3.8, 4) is 12.3 Å². The molecule has 0 unspecified atom stereocenters. The van der Waals surface area contributed by atoms with Gasteiger partial charge in [-0.3, -0.25) is 9.69 Å². The summed E-state index contributed by atoms with van der Waals surface area (Å²) in [5.74, 6) is 1.70. The number of amides is 2. The van der Waals surface area contributed by atoms with E-state index in [9.17, 15) is 9.59 Å². The highest BCUT2D eigenvalue weighted by molar-refractivity contribution is 5.74. The molecule has 1 aliphatic rings. The summed E-state index contributed by atoms with van der Waals surface area (Å²) in [6.07, 6.45) is 5.38. The lowest BCUT2D eigenvalue weighted by Crippen LogP contribution is -2.53. The van der Waals surface area contributed by atoms with Crippen LogP contribution in [-0.2, 0) is 4.79 Å². The quantitative estimate of drug-likeness (QED) is 0.720. The number of hydrogen-bond donors (Lipinski definition) is 1. The molecule has 6 nitrogen and oxygen atoms in total. The molecule has 2 amide bonds. The summed E-state index contributed by atoms with van der Waals surface area (Å²) < 4.78 is 0. The molecular weight excluding hydrogens is 246 g/mol. The Morgan fingerprint density at radius 3 is 2.42 bits per heavy atom. The van der Waals surface area contributed by atoms with Gasteiger partial charge in [-0.05, 0) is 6.92 Å². The van der Waals surface area contributed by atoms with Gasteiger partial charge in [0.15, 0.2) is 0 Å². The molecule has 0 radical (unpaired) electrons. The largest absolute Gasteiger partial charge is 0.481 e. The maximum atomic E-state index is 12.1. The first-order chi connectivity index (χ1) is 9.08. The van der Waals surface area contributed by atoms with Gasteiger partial charge < -0.3 is 14.9 Å². The van der Waals surface area contributed by atoms with E-state index in [-0.39, 0.29) is 12.5 Å². The fraction of sp³-hybridized carbons (Fsp3) is 0.692. The Morgan fingerprint density at radius 1 is 1.32 bits per heavy atom. The van der Waals surface area contributed by atoms with E-state index in [2.05, 4.69) is 10.8 Å². The summed E-state index contributed by atoms with van der Waals surface area (Å²) in [6, 6.07) is -0.0293. The second-order valence-corrected chi connectivity index (χ2v) is 4.47. The van der Waals surface area contributed by atoms with Gasteiger partial charge in [0.05, 0.1) is 13.0 Å². The Morgan fingerprint density at radius 2 is 1.95 bits per heavy atom. The van der Waals surface area contributed by atoms with Crippen LogP contribution in [-0.4, -0.2) is 77.6 Å². The topological polar surface area (TPSA) is 64.1 Å². The number of nitrogens with zero attached hydrogens (tertiary/aromatic N) is 3. The van der Waals surface area contributed by atoms with Gasteiger partial charge in [0.25, 0.3) is 0 Å². The van der Waals surface area contributed by atoms with Gasteiger partial charge in [0.1, 0.15) is 0 Å². The maximum Gasteiger partial charge on any atom is 0.320 e. The molecule has 0 saturated carbocycles. The van der Waals surface area contributed by atoms with E-state index in [0.717, 1.165) is 0 Å². The summed E-state index contributed by atoms with van der Waals surface area (Å²) in [5.41, 5.74) is 0. The van der Waals surface area contributed by atoms with Crippen LogP contribution in [0, 0.1) is 12.3 Å². The molecule has 106 valence electrons. The van der Waals surface area contributed by atoms with Crippen LogP contribution in [0.25, 0.3) is 0 Å². The number of terminal acetylenes is 1. The van der Waals surface area contributed by atoms with Gasteiger partial charge in [-0.2, -0.15) is 0 Å². The monoisotopic (exact) mass is 267 g/mol. The summed E-state index contributed by atoms with van der Waals surface area (Å²) in [7, 11) is 0. The third kappa shape index (κ3) is 4.79. The molecule has 0 aromatic carbocycles. The zero-order valence-electron chi connectivity index (χ0n) is 11.3. The highest BCUT2D eigenvalue weighted by Gasteiger charge is 2.24. The molecule has 1 rings (SSSR count). The van der Waals surface area contributed by atoms with Crippen molar-refractivity contribution in [1.29, 1.82) is 0 Å². The van der Waals surface area contributed by atoms with Crippen molar-refractivity contribution in [2.24, 2.45) is 0 Å². The van der Waals surface area contributed by atoms with Crippen molar-refractivity contribution in [2.75, 3.05) is 45.8 Å². The molecular formula is C13H21N3O3. The number of aliphatic carboxylic acids is 1. The predicted molar refractivity (Wildman–Crippen MR) is 71.7 cm³/mol. The van der Waals surface area contributed by atoms with Gasteiger partial charge in [-0.1, -0.05) is 5.92 Å². The van der Waals surface area contributed by atoms with Crippen LogP contribution >= 0.6 is 0 Å². The van der Waals surface area contributed by atoms with E-state index >= 15 is 0 Å². The van der Waals surface area contributed by atoms with Gasteiger partial charge in [0, 0.05) is 39.3 Å². The van der Waals surface area contributed by atoms with Crippen LogP contribution < -0.4 is 0 Å². The zero-order chi connectivity index (χ0) is 14.3. The van der Waals surface area contributed by atoms with Gasteiger partial charge in [-0.15, -0.1) is 6.42 Å². The van der Waals surface area contributed by atoms with Crippen molar-refractivity contribution in [3.05, 3.63) is 0 Å². The average molecular weight is 267 g/mol. The first-order valence-corrected chi connectivity index (χ1v) is 6.50. The third-order valence-corrected chi connectivity index (χ3v) is 3.22. The minimum atomic E-state index is -0.787. The molecule has 0 aromatic rings. The molecule has 1 saturated heterocycles. The molecule has 0 spiro atoms. The second kappa shape index (κ2) is 7.64. The van der Waals surface area contributed by atoms with Crippen LogP contribution in [0.4, 0.5) is 4.79 Å². The summed E-state index contributed by atoms with van der Waals surface area (Å²) >= 11 is 0. The average Bonchev–Trinajstić information content (AvgIpc) is 2.42. The van der Waals surface area contributed by atoms with Gasteiger partial charge in [-0.25, -0.2) is 4.79 Å². The van der Waals surface area contributed by atoms with E-state index in [4.69, 9.17) is 11.5 Å². The Labute approximate surface area is 114 Å². The molecule has 6 heteroatoms. The van der Waals surface area contributed by atoms with E-state index < -0.39 is 5.97 Å². The molecule has 0 aromatic heterocycles. The molecule has 0 aliphatic carbocycles. The van der Waals surface area contributed by atoms with Crippen LogP contribution in [0.3, 0.4) is 0 Å². The number of carboxylic acids is 1. The minimum Gasteiger partial charge on any atom is -0.481 e. The van der Waals surface area contributed by atoms with Gasteiger partial charge >= 0.3 is 12.0 Å². The number of urea groups is 1. The number of rotatable bonds is 5. The van der Waals surface area contributed by atoms with Crippen molar-refractivity contribution in [2.45, 2.75) is 13.3 Å². The molecule has 0 bridgehead atoms. The van der Waals surface area contributed by atoms with Gasteiger partial charge in [0.2, 0.25) is 0 Å². The van der Waals surface area contributed by atoms with Crippen LogP contribution in [0.15, 0.2) is 0 Å². The number of carboxylic acid groups (broad SMARTS) is 1. The first-order valence-electron chi connectivity index (χ1n) is 6.50.